The van der Waals surface area contributed by atoms with E-state index in [0.29, 0.717) is 18.9 Å². The fourth-order valence-corrected chi connectivity index (χ4v) is 2.66. The summed E-state index contributed by atoms with van der Waals surface area (Å²) in [6, 6.07) is 6.15. The number of hydrogen-bond acceptors (Lipinski definition) is 3. The highest BCUT2D eigenvalue weighted by Gasteiger charge is 2.27. The van der Waals surface area contributed by atoms with E-state index in [-0.39, 0.29) is 23.6 Å². The molecule has 0 aliphatic carbocycles. The third-order valence-electron chi connectivity index (χ3n) is 3.92. The zero-order valence-electron chi connectivity index (χ0n) is 13.1. The molecule has 1 aromatic rings. The van der Waals surface area contributed by atoms with E-state index in [1.165, 1.54) is 12.1 Å². The summed E-state index contributed by atoms with van der Waals surface area (Å²) in [6.07, 6.45) is 2.89. The monoisotopic (exact) mass is 308 g/mol. The molecule has 1 amide bonds. The van der Waals surface area contributed by atoms with Gasteiger partial charge in [-0.25, -0.2) is 4.39 Å². The molecule has 2 rings (SSSR count). The van der Waals surface area contributed by atoms with E-state index in [1.54, 1.807) is 12.1 Å². The van der Waals surface area contributed by atoms with E-state index in [4.69, 9.17) is 4.74 Å². The molecular formula is C17H25FN2O2. The number of carbonyl (C=O) groups excluding carboxylic acids is 1. The third-order valence-corrected chi connectivity index (χ3v) is 3.92. The highest BCUT2D eigenvalue weighted by Crippen LogP contribution is 2.19. The molecule has 4 nitrogen and oxygen atoms in total. The van der Waals surface area contributed by atoms with Crippen LogP contribution in [0.25, 0.3) is 0 Å². The maximum Gasteiger partial charge on any atom is 0.224 e. The minimum atomic E-state index is -0.299. The average Bonchev–Trinajstić information content (AvgIpc) is 2.53. The van der Waals surface area contributed by atoms with E-state index < -0.39 is 0 Å². The van der Waals surface area contributed by atoms with Gasteiger partial charge in [-0.1, -0.05) is 19.4 Å². The standard InChI is InChI=1S/C17H25FN2O2/c1-2-3-7-20-17(21)14-8-13(10-19-11-14)12-22-16-6-4-5-15(18)9-16/h4-6,9,13-14,19H,2-3,7-8,10-12H2,1H3,(H,20,21)/t13-,14+/m0/s1. The number of carbonyl (C=O) groups is 1. The first-order valence-electron chi connectivity index (χ1n) is 8.05. The van der Waals surface area contributed by atoms with Crippen LogP contribution in [-0.4, -0.2) is 32.1 Å². The minimum absolute atomic E-state index is 0.00767. The minimum Gasteiger partial charge on any atom is -0.493 e. The molecule has 0 radical (unpaired) electrons. The van der Waals surface area contributed by atoms with Crippen LogP contribution in [-0.2, 0) is 4.79 Å². The number of rotatable bonds is 7. The number of piperidine rings is 1. The topological polar surface area (TPSA) is 50.4 Å². The van der Waals surface area contributed by atoms with E-state index in [9.17, 15) is 9.18 Å². The lowest BCUT2D eigenvalue weighted by Gasteiger charge is -2.29. The average molecular weight is 308 g/mol. The smallest absolute Gasteiger partial charge is 0.224 e. The summed E-state index contributed by atoms with van der Waals surface area (Å²) in [6.45, 7) is 4.89. The Balaban J connectivity index is 1.76. The molecule has 0 bridgehead atoms. The second-order valence-electron chi connectivity index (χ2n) is 5.87. The highest BCUT2D eigenvalue weighted by molar-refractivity contribution is 5.78. The van der Waals surface area contributed by atoms with Gasteiger partial charge in [0.05, 0.1) is 12.5 Å². The largest absolute Gasteiger partial charge is 0.493 e. The molecule has 2 N–H and O–H groups in total. The van der Waals surface area contributed by atoms with Crippen LogP contribution in [0.5, 0.6) is 5.75 Å². The zero-order valence-corrected chi connectivity index (χ0v) is 13.1. The maximum absolute atomic E-state index is 13.1. The van der Waals surface area contributed by atoms with Crippen molar-refractivity contribution in [2.75, 3.05) is 26.2 Å². The van der Waals surface area contributed by atoms with Crippen molar-refractivity contribution in [2.45, 2.75) is 26.2 Å². The van der Waals surface area contributed by atoms with Crippen molar-refractivity contribution in [3.63, 3.8) is 0 Å². The van der Waals surface area contributed by atoms with Crippen LogP contribution >= 0.6 is 0 Å². The van der Waals surface area contributed by atoms with Crippen LogP contribution in [0.15, 0.2) is 24.3 Å². The molecular weight excluding hydrogens is 283 g/mol. The molecule has 1 saturated heterocycles. The molecule has 0 saturated carbocycles. The second-order valence-corrected chi connectivity index (χ2v) is 5.87. The molecule has 1 heterocycles. The molecule has 1 fully saturated rings. The Morgan fingerprint density at radius 1 is 1.45 bits per heavy atom. The molecule has 2 atom stereocenters. The van der Waals surface area contributed by atoms with Gasteiger partial charge in [-0.2, -0.15) is 0 Å². The van der Waals surface area contributed by atoms with E-state index in [0.717, 1.165) is 32.4 Å². The van der Waals surface area contributed by atoms with Gasteiger partial charge in [-0.05, 0) is 25.0 Å². The Hall–Kier alpha value is -1.62. The van der Waals surface area contributed by atoms with Gasteiger partial charge >= 0.3 is 0 Å². The molecule has 22 heavy (non-hydrogen) atoms. The number of nitrogens with one attached hydrogen (secondary N) is 2. The van der Waals surface area contributed by atoms with Crippen molar-refractivity contribution in [3.05, 3.63) is 30.1 Å². The molecule has 1 aromatic carbocycles. The second kappa shape index (κ2) is 8.73. The van der Waals surface area contributed by atoms with Crippen molar-refractivity contribution in [2.24, 2.45) is 11.8 Å². The van der Waals surface area contributed by atoms with Gasteiger partial charge in [0.2, 0.25) is 5.91 Å². The summed E-state index contributed by atoms with van der Waals surface area (Å²) >= 11 is 0. The number of ether oxygens (including phenoxy) is 1. The SMILES string of the molecule is CCCCNC(=O)[C@H]1CNC[C@@H](COc2cccc(F)c2)C1. The van der Waals surface area contributed by atoms with Crippen molar-refractivity contribution in [1.82, 2.24) is 10.6 Å². The Bertz CT molecular complexity index is 481. The zero-order chi connectivity index (χ0) is 15.8. The van der Waals surface area contributed by atoms with Crippen molar-refractivity contribution in [3.8, 4) is 5.75 Å². The van der Waals surface area contributed by atoms with Crippen LogP contribution in [0.4, 0.5) is 4.39 Å². The number of unbranched alkanes of at least 4 members (excludes halogenated alkanes) is 1. The van der Waals surface area contributed by atoms with E-state index in [2.05, 4.69) is 17.6 Å². The van der Waals surface area contributed by atoms with Gasteiger partial charge in [0.15, 0.2) is 0 Å². The summed E-state index contributed by atoms with van der Waals surface area (Å²) in [5.41, 5.74) is 0. The number of benzene rings is 1. The van der Waals surface area contributed by atoms with Crippen LogP contribution in [0.3, 0.4) is 0 Å². The Morgan fingerprint density at radius 3 is 3.09 bits per heavy atom. The number of halogens is 1. The quantitative estimate of drug-likeness (QED) is 0.760. The van der Waals surface area contributed by atoms with Crippen LogP contribution in [0.1, 0.15) is 26.2 Å². The first-order chi connectivity index (χ1) is 10.7. The summed E-state index contributed by atoms with van der Waals surface area (Å²) in [4.78, 5) is 12.1. The van der Waals surface area contributed by atoms with Gasteiger partial charge in [0.25, 0.3) is 0 Å². The molecule has 5 heteroatoms. The summed E-state index contributed by atoms with van der Waals surface area (Å²) in [5, 5.41) is 6.27. The fourth-order valence-electron chi connectivity index (χ4n) is 2.66. The maximum atomic E-state index is 13.1. The Morgan fingerprint density at radius 2 is 2.32 bits per heavy atom. The third kappa shape index (κ3) is 5.30. The van der Waals surface area contributed by atoms with Crippen LogP contribution in [0.2, 0.25) is 0 Å². The summed E-state index contributed by atoms with van der Waals surface area (Å²) in [7, 11) is 0. The molecule has 0 spiro atoms. The van der Waals surface area contributed by atoms with Gasteiger partial charge in [0.1, 0.15) is 11.6 Å². The summed E-state index contributed by atoms with van der Waals surface area (Å²) in [5.74, 6) is 0.615. The lowest BCUT2D eigenvalue weighted by molar-refractivity contribution is -0.126. The lowest BCUT2D eigenvalue weighted by Crippen LogP contribution is -2.45. The molecule has 0 aromatic heterocycles. The highest BCUT2D eigenvalue weighted by atomic mass is 19.1. The number of hydrogen-bond donors (Lipinski definition) is 2. The molecule has 122 valence electrons. The van der Waals surface area contributed by atoms with Gasteiger partial charge in [-0.3, -0.25) is 4.79 Å². The lowest BCUT2D eigenvalue weighted by atomic mass is 9.90. The molecule has 1 aliphatic rings. The number of amides is 1. The summed E-state index contributed by atoms with van der Waals surface area (Å²) < 4.78 is 18.7. The van der Waals surface area contributed by atoms with Crippen LogP contribution < -0.4 is 15.4 Å². The van der Waals surface area contributed by atoms with E-state index >= 15 is 0 Å². The van der Waals surface area contributed by atoms with Crippen molar-refractivity contribution >= 4 is 5.91 Å². The normalized spacial score (nSPS) is 21.4. The Labute approximate surface area is 131 Å². The first kappa shape index (κ1) is 16.7. The fraction of sp³-hybridized carbons (Fsp3) is 0.588. The molecule has 0 unspecified atom stereocenters. The van der Waals surface area contributed by atoms with Crippen molar-refractivity contribution < 1.29 is 13.9 Å². The predicted molar refractivity (Wildman–Crippen MR) is 84.3 cm³/mol. The van der Waals surface area contributed by atoms with Gasteiger partial charge < -0.3 is 15.4 Å². The van der Waals surface area contributed by atoms with Crippen LogP contribution in [0, 0.1) is 17.7 Å². The van der Waals surface area contributed by atoms with E-state index in [1.807, 2.05) is 0 Å². The first-order valence-corrected chi connectivity index (χ1v) is 8.05. The van der Waals surface area contributed by atoms with Gasteiger partial charge in [-0.15, -0.1) is 0 Å². The predicted octanol–water partition coefficient (Wildman–Crippen LogP) is 2.35. The van der Waals surface area contributed by atoms with Gasteiger partial charge in [0, 0.05) is 31.6 Å². The Kier molecular flexibility index (Phi) is 6.65. The van der Waals surface area contributed by atoms with Crippen molar-refractivity contribution in [1.29, 1.82) is 0 Å². The molecule has 1 aliphatic heterocycles.